The van der Waals surface area contributed by atoms with Crippen LogP contribution in [0.15, 0.2) is 10.7 Å². The monoisotopic (exact) mass is 320 g/mol. The van der Waals surface area contributed by atoms with Gasteiger partial charge in [-0.15, -0.1) is 0 Å². The molecule has 1 aromatic heterocycles. The van der Waals surface area contributed by atoms with Crippen LogP contribution in [0.3, 0.4) is 0 Å². The number of nitrogens with one attached hydrogen (secondary N) is 2. The third-order valence-corrected chi connectivity index (χ3v) is 2.41. The van der Waals surface area contributed by atoms with Gasteiger partial charge in [-0.1, -0.05) is 0 Å². The minimum absolute atomic E-state index is 0.112. The van der Waals surface area contributed by atoms with Crippen molar-refractivity contribution in [3.63, 3.8) is 0 Å². The lowest BCUT2D eigenvalue weighted by Gasteiger charge is -2.20. The molecule has 1 amide bonds. The van der Waals surface area contributed by atoms with Crippen molar-refractivity contribution >= 4 is 39.3 Å². The van der Waals surface area contributed by atoms with Crippen molar-refractivity contribution in [2.24, 2.45) is 0 Å². The molecule has 7 heteroatoms. The standard InChI is InChI=1S/C10H14BrClN4O/c1-10(2,3)16-7(17)5-13-8-6(11)4-14-9(12)15-8/h4H,5H2,1-3H3,(H,16,17)(H,13,14,15). The van der Waals surface area contributed by atoms with Gasteiger partial charge >= 0.3 is 0 Å². The Morgan fingerprint density at radius 1 is 1.53 bits per heavy atom. The minimum Gasteiger partial charge on any atom is -0.360 e. The first-order valence-electron chi connectivity index (χ1n) is 5.01. The second-order valence-electron chi connectivity index (χ2n) is 4.49. The SMILES string of the molecule is CC(C)(C)NC(=O)CNc1nc(Cl)ncc1Br. The Kier molecular flexibility index (Phi) is 4.70. The van der Waals surface area contributed by atoms with Crippen molar-refractivity contribution in [1.29, 1.82) is 0 Å². The molecule has 0 aliphatic carbocycles. The molecule has 0 radical (unpaired) electrons. The quantitative estimate of drug-likeness (QED) is 0.838. The van der Waals surface area contributed by atoms with E-state index in [9.17, 15) is 4.79 Å². The van der Waals surface area contributed by atoms with E-state index in [4.69, 9.17) is 11.6 Å². The fraction of sp³-hybridized carbons (Fsp3) is 0.500. The van der Waals surface area contributed by atoms with Crippen LogP contribution in [0, 0.1) is 0 Å². The van der Waals surface area contributed by atoms with Crippen molar-refractivity contribution in [3.05, 3.63) is 16.0 Å². The zero-order valence-corrected chi connectivity index (χ0v) is 12.2. The first-order chi connectivity index (χ1) is 7.78. The molecule has 0 spiro atoms. The molecule has 0 saturated carbocycles. The second kappa shape index (κ2) is 5.64. The summed E-state index contributed by atoms with van der Waals surface area (Å²) in [6.07, 6.45) is 1.53. The number of nitrogens with zero attached hydrogens (tertiary/aromatic N) is 2. The highest BCUT2D eigenvalue weighted by Gasteiger charge is 2.14. The van der Waals surface area contributed by atoms with Crippen LogP contribution in [0.1, 0.15) is 20.8 Å². The predicted molar refractivity (Wildman–Crippen MR) is 71.1 cm³/mol. The molecule has 0 fully saturated rings. The van der Waals surface area contributed by atoms with Gasteiger partial charge in [0.25, 0.3) is 0 Å². The summed E-state index contributed by atoms with van der Waals surface area (Å²) in [4.78, 5) is 19.3. The molecule has 0 aliphatic rings. The number of hydrogen-bond acceptors (Lipinski definition) is 4. The van der Waals surface area contributed by atoms with E-state index < -0.39 is 0 Å². The summed E-state index contributed by atoms with van der Waals surface area (Å²) in [6.45, 7) is 5.89. The van der Waals surface area contributed by atoms with Crippen LogP contribution >= 0.6 is 27.5 Å². The second-order valence-corrected chi connectivity index (χ2v) is 5.68. The summed E-state index contributed by atoms with van der Waals surface area (Å²) in [5.41, 5.74) is -0.251. The fourth-order valence-corrected chi connectivity index (χ4v) is 1.56. The van der Waals surface area contributed by atoms with Crippen molar-refractivity contribution in [1.82, 2.24) is 15.3 Å². The molecular weight excluding hydrogens is 307 g/mol. The highest BCUT2D eigenvalue weighted by molar-refractivity contribution is 9.10. The molecule has 5 nitrogen and oxygen atoms in total. The van der Waals surface area contributed by atoms with Gasteiger partial charge in [0.15, 0.2) is 0 Å². The van der Waals surface area contributed by atoms with Crippen LogP contribution in [0.2, 0.25) is 5.28 Å². The number of amides is 1. The number of aromatic nitrogens is 2. The Morgan fingerprint density at radius 2 is 2.18 bits per heavy atom. The fourth-order valence-electron chi connectivity index (χ4n) is 1.10. The van der Waals surface area contributed by atoms with E-state index in [0.717, 1.165) is 0 Å². The molecule has 1 heterocycles. The Hall–Kier alpha value is -0.880. The van der Waals surface area contributed by atoms with Crippen LogP contribution in [0.5, 0.6) is 0 Å². The van der Waals surface area contributed by atoms with Crippen LogP contribution in [-0.4, -0.2) is 28.0 Å². The largest absolute Gasteiger partial charge is 0.360 e. The summed E-state index contributed by atoms with van der Waals surface area (Å²) in [5, 5.41) is 5.84. The normalized spacial score (nSPS) is 11.1. The number of rotatable bonds is 3. The Bertz CT molecular complexity index is 419. The van der Waals surface area contributed by atoms with E-state index in [1.807, 2.05) is 20.8 Å². The van der Waals surface area contributed by atoms with E-state index in [1.165, 1.54) is 6.20 Å². The van der Waals surface area contributed by atoms with Gasteiger partial charge in [0, 0.05) is 11.7 Å². The van der Waals surface area contributed by atoms with E-state index >= 15 is 0 Å². The van der Waals surface area contributed by atoms with Gasteiger partial charge in [-0.05, 0) is 48.3 Å². The molecule has 94 valence electrons. The summed E-state index contributed by atoms with van der Waals surface area (Å²) in [7, 11) is 0. The van der Waals surface area contributed by atoms with Crippen LogP contribution < -0.4 is 10.6 Å². The van der Waals surface area contributed by atoms with E-state index in [-0.39, 0.29) is 23.3 Å². The van der Waals surface area contributed by atoms with Crippen molar-refractivity contribution in [2.75, 3.05) is 11.9 Å². The highest BCUT2D eigenvalue weighted by atomic mass is 79.9. The Balaban J connectivity index is 2.56. The smallest absolute Gasteiger partial charge is 0.239 e. The molecule has 0 saturated heterocycles. The zero-order chi connectivity index (χ0) is 13.1. The number of hydrogen-bond donors (Lipinski definition) is 2. The Labute approximate surface area is 113 Å². The molecule has 0 atom stereocenters. The maximum Gasteiger partial charge on any atom is 0.239 e. The topological polar surface area (TPSA) is 66.9 Å². The third kappa shape index (κ3) is 5.32. The first-order valence-corrected chi connectivity index (χ1v) is 6.18. The summed E-state index contributed by atoms with van der Waals surface area (Å²) >= 11 is 8.92. The van der Waals surface area contributed by atoms with Gasteiger partial charge in [-0.3, -0.25) is 4.79 Å². The zero-order valence-electron chi connectivity index (χ0n) is 9.84. The summed E-state index contributed by atoms with van der Waals surface area (Å²) in [6, 6.07) is 0. The molecule has 2 N–H and O–H groups in total. The van der Waals surface area contributed by atoms with Crippen molar-refractivity contribution < 1.29 is 4.79 Å². The van der Waals surface area contributed by atoms with Gasteiger partial charge in [0.05, 0.1) is 11.0 Å². The lowest BCUT2D eigenvalue weighted by Crippen LogP contribution is -2.43. The third-order valence-electron chi connectivity index (χ3n) is 1.65. The van der Waals surface area contributed by atoms with Gasteiger partial charge in [-0.2, -0.15) is 4.98 Å². The maximum atomic E-state index is 11.6. The number of halogens is 2. The average molecular weight is 322 g/mol. The van der Waals surface area contributed by atoms with Gasteiger partial charge in [0.2, 0.25) is 11.2 Å². The lowest BCUT2D eigenvalue weighted by molar-refractivity contribution is -0.120. The molecule has 0 bridgehead atoms. The van der Waals surface area contributed by atoms with Gasteiger partial charge < -0.3 is 10.6 Å². The van der Waals surface area contributed by atoms with Gasteiger partial charge in [0.1, 0.15) is 5.82 Å². The molecule has 1 aromatic rings. The highest BCUT2D eigenvalue weighted by Crippen LogP contribution is 2.19. The minimum atomic E-state index is -0.251. The van der Waals surface area contributed by atoms with Crippen molar-refractivity contribution in [2.45, 2.75) is 26.3 Å². The molecule has 0 unspecified atom stereocenters. The van der Waals surface area contributed by atoms with Crippen LogP contribution in [0.4, 0.5) is 5.82 Å². The summed E-state index contributed by atoms with van der Waals surface area (Å²) in [5.74, 6) is 0.383. The first kappa shape index (κ1) is 14.2. The predicted octanol–water partition coefficient (Wildman–Crippen LogP) is 2.22. The lowest BCUT2D eigenvalue weighted by atomic mass is 10.1. The molecule has 1 rings (SSSR count). The molecular formula is C10H14BrClN4O. The average Bonchev–Trinajstić information content (AvgIpc) is 2.17. The van der Waals surface area contributed by atoms with Crippen LogP contribution in [-0.2, 0) is 4.79 Å². The maximum absolute atomic E-state index is 11.6. The number of anilines is 1. The van der Waals surface area contributed by atoms with Gasteiger partial charge in [-0.25, -0.2) is 4.98 Å². The number of carbonyl (C=O) groups excluding carboxylic acids is 1. The number of carbonyl (C=O) groups is 1. The Morgan fingerprint density at radius 3 is 2.76 bits per heavy atom. The summed E-state index contributed by atoms with van der Waals surface area (Å²) < 4.78 is 0.658. The van der Waals surface area contributed by atoms with Crippen molar-refractivity contribution in [3.8, 4) is 0 Å². The van der Waals surface area contributed by atoms with E-state index in [0.29, 0.717) is 10.3 Å². The van der Waals surface area contributed by atoms with E-state index in [2.05, 4.69) is 36.5 Å². The van der Waals surface area contributed by atoms with Crippen LogP contribution in [0.25, 0.3) is 0 Å². The van der Waals surface area contributed by atoms with E-state index in [1.54, 1.807) is 0 Å². The molecule has 0 aliphatic heterocycles. The molecule has 17 heavy (non-hydrogen) atoms. The molecule has 0 aromatic carbocycles.